The number of likely N-dealkylation sites (tertiary alicyclic amines) is 1. The minimum Gasteiger partial charge on any atom is -0.489 e. The maximum Gasteiger partial charge on any atom is 0.313 e. The van der Waals surface area contributed by atoms with Crippen LogP contribution >= 0.6 is 0 Å². The topological polar surface area (TPSA) is 70.0 Å². The number of hydrogen-bond acceptors (Lipinski definition) is 4. The Balaban J connectivity index is 1.46. The third kappa shape index (κ3) is 4.62. The lowest BCUT2D eigenvalue weighted by Gasteiger charge is -2.43. The Morgan fingerprint density at radius 3 is 2.52 bits per heavy atom. The summed E-state index contributed by atoms with van der Waals surface area (Å²) in [5.74, 6) is 0.406. The highest BCUT2D eigenvalue weighted by Crippen LogP contribution is 2.45. The van der Waals surface area contributed by atoms with Crippen molar-refractivity contribution in [1.29, 1.82) is 0 Å². The van der Waals surface area contributed by atoms with Crippen LogP contribution in [-0.4, -0.2) is 40.3 Å². The van der Waals surface area contributed by atoms with Crippen molar-refractivity contribution in [2.75, 3.05) is 13.1 Å². The molecule has 1 aliphatic carbocycles. The number of nitrogens with zero attached hydrogens (tertiary/aromatic N) is 1. The molecule has 2 N–H and O–H groups in total. The molecule has 0 radical (unpaired) electrons. The largest absolute Gasteiger partial charge is 0.489 e. The first-order valence-corrected chi connectivity index (χ1v) is 10.5. The number of aliphatic hydroxyl groups excluding tert-OH is 1. The van der Waals surface area contributed by atoms with Gasteiger partial charge in [0.1, 0.15) is 17.8 Å². The van der Waals surface area contributed by atoms with E-state index in [1.54, 1.807) is 0 Å². The molecule has 4 rings (SSSR count). The summed E-state index contributed by atoms with van der Waals surface area (Å²) in [7, 11) is 0. The Labute approximate surface area is 171 Å². The van der Waals surface area contributed by atoms with Gasteiger partial charge in [-0.25, -0.2) is 0 Å². The van der Waals surface area contributed by atoms with Crippen molar-refractivity contribution in [2.24, 2.45) is 11.3 Å². The number of hydrogen-bond donors (Lipinski definition) is 2. The standard InChI is InChI=1S/C24H29NO4/c26-22-12-13-25(17-24(22,23(27)28)14-18-10-11-18)15-20-8-4-5-9-21(20)29-16-19-6-2-1-3-7-19/h1-9,18,22,26H,10-17H2,(H,27,28)/t22-,24-/m0/s1. The van der Waals surface area contributed by atoms with Gasteiger partial charge in [0, 0.05) is 25.2 Å². The minimum absolute atomic E-state index is 0.382. The summed E-state index contributed by atoms with van der Waals surface area (Å²) in [4.78, 5) is 14.3. The second-order valence-corrected chi connectivity index (χ2v) is 8.51. The van der Waals surface area contributed by atoms with Crippen LogP contribution in [0.3, 0.4) is 0 Å². The third-order valence-corrected chi connectivity index (χ3v) is 6.24. The first-order valence-electron chi connectivity index (χ1n) is 10.5. The molecule has 1 saturated carbocycles. The molecule has 2 fully saturated rings. The Hall–Kier alpha value is -2.37. The monoisotopic (exact) mass is 395 g/mol. The van der Waals surface area contributed by atoms with Gasteiger partial charge in [0.25, 0.3) is 0 Å². The maximum atomic E-state index is 12.2. The van der Waals surface area contributed by atoms with Gasteiger partial charge in [-0.3, -0.25) is 9.69 Å². The van der Waals surface area contributed by atoms with Gasteiger partial charge >= 0.3 is 5.97 Å². The number of rotatable bonds is 8. The van der Waals surface area contributed by atoms with Crippen LogP contribution in [0.25, 0.3) is 0 Å². The summed E-state index contributed by atoms with van der Waals surface area (Å²) in [5, 5.41) is 20.6. The molecule has 5 nitrogen and oxygen atoms in total. The molecular formula is C24H29NO4. The molecule has 0 bridgehead atoms. The molecule has 5 heteroatoms. The lowest BCUT2D eigenvalue weighted by Crippen LogP contribution is -2.56. The number of carboxylic acid groups (broad SMARTS) is 1. The molecule has 1 aliphatic heterocycles. The van der Waals surface area contributed by atoms with E-state index in [1.807, 2.05) is 54.6 Å². The highest BCUT2D eigenvalue weighted by molar-refractivity contribution is 5.76. The molecule has 2 aromatic carbocycles. The molecule has 1 heterocycles. The van der Waals surface area contributed by atoms with Crippen molar-refractivity contribution in [3.8, 4) is 5.75 Å². The van der Waals surface area contributed by atoms with Crippen LogP contribution < -0.4 is 4.74 Å². The fraction of sp³-hybridized carbons (Fsp3) is 0.458. The van der Waals surface area contributed by atoms with E-state index in [0.717, 1.165) is 29.7 Å². The minimum atomic E-state index is -1.06. The first-order chi connectivity index (χ1) is 14.1. The van der Waals surface area contributed by atoms with Gasteiger partial charge in [0.2, 0.25) is 0 Å². The van der Waals surface area contributed by atoms with E-state index in [4.69, 9.17) is 4.74 Å². The zero-order chi connectivity index (χ0) is 20.3. The van der Waals surface area contributed by atoms with Gasteiger partial charge in [0.05, 0.1) is 6.10 Å². The number of para-hydroxylation sites is 1. The summed E-state index contributed by atoms with van der Waals surface area (Å²) in [6.07, 6.45) is 2.45. The summed E-state index contributed by atoms with van der Waals surface area (Å²) >= 11 is 0. The smallest absolute Gasteiger partial charge is 0.313 e. The molecule has 1 saturated heterocycles. The van der Waals surface area contributed by atoms with Crippen LogP contribution in [0.2, 0.25) is 0 Å². The van der Waals surface area contributed by atoms with Crippen molar-refractivity contribution in [1.82, 2.24) is 4.90 Å². The van der Waals surface area contributed by atoms with E-state index in [0.29, 0.717) is 45.0 Å². The van der Waals surface area contributed by atoms with Gasteiger partial charge in [-0.2, -0.15) is 0 Å². The van der Waals surface area contributed by atoms with E-state index >= 15 is 0 Å². The summed E-state index contributed by atoms with van der Waals surface area (Å²) in [6, 6.07) is 18.0. The van der Waals surface area contributed by atoms with Gasteiger partial charge in [-0.15, -0.1) is 0 Å². The number of benzene rings is 2. The second kappa shape index (κ2) is 8.56. The number of aliphatic hydroxyl groups is 1. The molecule has 2 atom stereocenters. The van der Waals surface area contributed by atoms with E-state index in [2.05, 4.69) is 4.90 Å². The van der Waals surface area contributed by atoms with E-state index in [-0.39, 0.29) is 0 Å². The molecule has 0 aromatic heterocycles. The highest BCUT2D eigenvalue weighted by Gasteiger charge is 2.51. The number of carbonyl (C=O) groups is 1. The van der Waals surface area contributed by atoms with Crippen molar-refractivity contribution < 1.29 is 19.7 Å². The summed E-state index contributed by atoms with van der Waals surface area (Å²) < 4.78 is 6.07. The lowest BCUT2D eigenvalue weighted by atomic mass is 9.73. The molecule has 0 amide bonds. The third-order valence-electron chi connectivity index (χ3n) is 6.24. The van der Waals surface area contributed by atoms with Crippen LogP contribution in [0, 0.1) is 11.3 Å². The van der Waals surface area contributed by atoms with Gasteiger partial charge in [-0.1, -0.05) is 61.4 Å². The normalized spacial score (nSPS) is 24.9. The Kier molecular flexibility index (Phi) is 5.88. The molecule has 154 valence electrons. The highest BCUT2D eigenvalue weighted by atomic mass is 16.5. The molecular weight excluding hydrogens is 366 g/mol. The lowest BCUT2D eigenvalue weighted by molar-refractivity contribution is -0.165. The Bertz CT molecular complexity index is 836. The molecule has 2 aliphatic rings. The molecule has 0 spiro atoms. The predicted octanol–water partition coefficient (Wildman–Crippen LogP) is 3.70. The van der Waals surface area contributed by atoms with Gasteiger partial charge < -0.3 is 14.9 Å². The van der Waals surface area contributed by atoms with Crippen LogP contribution in [-0.2, 0) is 17.9 Å². The Morgan fingerprint density at radius 2 is 1.79 bits per heavy atom. The first kappa shape index (κ1) is 19.9. The van der Waals surface area contributed by atoms with Crippen molar-refractivity contribution in [2.45, 2.75) is 44.9 Å². The molecule has 29 heavy (non-hydrogen) atoms. The van der Waals surface area contributed by atoms with Crippen LogP contribution in [0.1, 0.15) is 36.8 Å². The van der Waals surface area contributed by atoms with E-state index in [9.17, 15) is 15.0 Å². The second-order valence-electron chi connectivity index (χ2n) is 8.51. The predicted molar refractivity (Wildman–Crippen MR) is 111 cm³/mol. The average Bonchev–Trinajstić information content (AvgIpc) is 3.54. The molecule has 2 aromatic rings. The fourth-order valence-corrected chi connectivity index (χ4v) is 4.39. The Morgan fingerprint density at radius 1 is 1.07 bits per heavy atom. The zero-order valence-corrected chi connectivity index (χ0v) is 16.7. The van der Waals surface area contributed by atoms with Crippen LogP contribution in [0.15, 0.2) is 54.6 Å². The van der Waals surface area contributed by atoms with Crippen molar-refractivity contribution in [3.63, 3.8) is 0 Å². The number of piperidine rings is 1. The quantitative estimate of drug-likeness (QED) is 0.713. The number of ether oxygens (including phenoxy) is 1. The zero-order valence-electron chi connectivity index (χ0n) is 16.7. The van der Waals surface area contributed by atoms with Crippen molar-refractivity contribution >= 4 is 5.97 Å². The van der Waals surface area contributed by atoms with E-state index < -0.39 is 17.5 Å². The van der Waals surface area contributed by atoms with Crippen molar-refractivity contribution in [3.05, 3.63) is 65.7 Å². The van der Waals surface area contributed by atoms with Gasteiger partial charge in [-0.05, 0) is 30.4 Å². The summed E-state index contributed by atoms with van der Waals surface area (Å²) in [6.45, 7) is 2.19. The average molecular weight is 395 g/mol. The SMILES string of the molecule is O=C(O)[C@@]1(CC2CC2)CN(Cc2ccccc2OCc2ccccc2)CC[C@@H]1O. The van der Waals surface area contributed by atoms with E-state index in [1.165, 1.54) is 0 Å². The number of carboxylic acids is 1. The fourth-order valence-electron chi connectivity index (χ4n) is 4.39. The van der Waals surface area contributed by atoms with Gasteiger partial charge in [0.15, 0.2) is 0 Å². The number of aliphatic carboxylic acids is 1. The molecule has 0 unspecified atom stereocenters. The maximum absolute atomic E-state index is 12.2. The van der Waals surface area contributed by atoms with Crippen LogP contribution in [0.4, 0.5) is 0 Å². The summed E-state index contributed by atoms with van der Waals surface area (Å²) in [5.41, 5.74) is 1.10. The van der Waals surface area contributed by atoms with Crippen LogP contribution in [0.5, 0.6) is 5.75 Å².